The number of likely N-dealkylation sites (N-methyl/N-ethyl adjacent to an activating group) is 1. The maximum absolute atomic E-state index is 4.45. The summed E-state index contributed by atoms with van der Waals surface area (Å²) in [6.45, 7) is 7.49. The highest BCUT2D eigenvalue weighted by atomic mass is 32.1. The summed E-state index contributed by atoms with van der Waals surface area (Å²) in [5.74, 6) is 0. The van der Waals surface area contributed by atoms with Crippen molar-refractivity contribution in [1.82, 2.24) is 15.3 Å². The highest BCUT2D eigenvalue weighted by molar-refractivity contribution is 7.18. The van der Waals surface area contributed by atoms with Gasteiger partial charge in [-0.25, -0.2) is 9.97 Å². The Morgan fingerprint density at radius 1 is 1.35 bits per heavy atom. The summed E-state index contributed by atoms with van der Waals surface area (Å²) >= 11 is 1.74. The van der Waals surface area contributed by atoms with Crippen LogP contribution in [0.1, 0.15) is 30.8 Å². The Balaban J connectivity index is 2.28. The maximum Gasteiger partial charge on any atom is 0.127 e. The van der Waals surface area contributed by atoms with Gasteiger partial charge < -0.3 is 5.32 Å². The molecule has 1 N–H and O–H groups in total. The predicted molar refractivity (Wildman–Crippen MR) is 73.6 cm³/mol. The van der Waals surface area contributed by atoms with Gasteiger partial charge in [0.1, 0.15) is 11.2 Å². The number of rotatable bonds is 5. The van der Waals surface area contributed by atoms with E-state index in [4.69, 9.17) is 0 Å². The minimum Gasteiger partial charge on any atom is -0.314 e. The molecular formula is C13H19N3S. The molecule has 0 bridgehead atoms. The average Bonchev–Trinajstić information content (AvgIpc) is 2.70. The number of thiophene rings is 1. The summed E-state index contributed by atoms with van der Waals surface area (Å²) < 4.78 is 0. The van der Waals surface area contributed by atoms with Crippen LogP contribution in [0.2, 0.25) is 0 Å². The number of hydrogen-bond donors (Lipinski definition) is 1. The first-order chi connectivity index (χ1) is 8.24. The first kappa shape index (κ1) is 12.5. The fourth-order valence-electron chi connectivity index (χ4n) is 2.07. The zero-order valence-corrected chi connectivity index (χ0v) is 11.5. The molecule has 17 heavy (non-hydrogen) atoms. The topological polar surface area (TPSA) is 37.8 Å². The van der Waals surface area contributed by atoms with Gasteiger partial charge in [-0.2, -0.15) is 0 Å². The monoisotopic (exact) mass is 249 g/mol. The molecule has 1 unspecified atom stereocenters. The number of aryl methyl sites for hydroxylation is 1. The van der Waals surface area contributed by atoms with Crippen LogP contribution in [0.5, 0.6) is 0 Å². The minimum atomic E-state index is 0.512. The van der Waals surface area contributed by atoms with Crippen molar-refractivity contribution in [3.8, 4) is 0 Å². The third-order valence-corrected chi connectivity index (χ3v) is 3.92. The molecule has 0 fully saturated rings. The molecule has 2 aromatic heterocycles. The van der Waals surface area contributed by atoms with Crippen molar-refractivity contribution in [2.45, 2.75) is 39.7 Å². The van der Waals surface area contributed by atoms with Crippen molar-refractivity contribution in [1.29, 1.82) is 0 Å². The number of hydrogen-bond acceptors (Lipinski definition) is 4. The lowest BCUT2D eigenvalue weighted by Crippen LogP contribution is -2.30. The van der Waals surface area contributed by atoms with E-state index in [0.717, 1.165) is 24.2 Å². The molecule has 0 amide bonds. The highest BCUT2D eigenvalue weighted by Crippen LogP contribution is 2.25. The third kappa shape index (κ3) is 2.82. The van der Waals surface area contributed by atoms with E-state index in [1.807, 2.05) is 0 Å². The van der Waals surface area contributed by atoms with Crippen molar-refractivity contribution < 1.29 is 0 Å². The quantitative estimate of drug-likeness (QED) is 0.885. The molecule has 4 heteroatoms. The van der Waals surface area contributed by atoms with Gasteiger partial charge in [0.15, 0.2) is 0 Å². The predicted octanol–water partition coefficient (Wildman–Crippen LogP) is 2.93. The molecule has 1 atom stereocenters. The van der Waals surface area contributed by atoms with E-state index in [9.17, 15) is 0 Å². The minimum absolute atomic E-state index is 0.512. The molecule has 0 radical (unpaired) electrons. The van der Waals surface area contributed by atoms with Crippen molar-refractivity contribution in [2.75, 3.05) is 6.54 Å². The standard InChI is InChI=1S/C13H19N3S/c1-4-10(14-5-2)7-12-11-6-9(3)17-13(11)16-8-15-12/h6,8,10,14H,4-5,7H2,1-3H3. The Kier molecular flexibility index (Phi) is 4.07. The lowest BCUT2D eigenvalue weighted by molar-refractivity contribution is 0.507. The van der Waals surface area contributed by atoms with E-state index in [0.29, 0.717) is 6.04 Å². The molecule has 3 nitrogen and oxygen atoms in total. The summed E-state index contributed by atoms with van der Waals surface area (Å²) in [6, 6.07) is 2.71. The van der Waals surface area contributed by atoms with Crippen LogP contribution in [0.3, 0.4) is 0 Å². The van der Waals surface area contributed by atoms with Crippen LogP contribution >= 0.6 is 11.3 Å². The Morgan fingerprint density at radius 3 is 2.88 bits per heavy atom. The lowest BCUT2D eigenvalue weighted by atomic mass is 10.1. The molecule has 2 heterocycles. The largest absolute Gasteiger partial charge is 0.314 e. The average molecular weight is 249 g/mol. The van der Waals surface area contributed by atoms with Crippen molar-refractivity contribution in [3.05, 3.63) is 23.0 Å². The van der Waals surface area contributed by atoms with E-state index in [1.165, 1.54) is 16.0 Å². The van der Waals surface area contributed by atoms with Crippen LogP contribution in [0.4, 0.5) is 0 Å². The van der Waals surface area contributed by atoms with Crippen LogP contribution in [-0.4, -0.2) is 22.6 Å². The number of nitrogens with zero attached hydrogens (tertiary/aromatic N) is 2. The van der Waals surface area contributed by atoms with Gasteiger partial charge in [0.2, 0.25) is 0 Å². The summed E-state index contributed by atoms with van der Waals surface area (Å²) in [5.41, 5.74) is 1.17. The second-order valence-corrected chi connectivity index (χ2v) is 5.50. The normalized spacial score (nSPS) is 13.1. The van der Waals surface area contributed by atoms with Crippen LogP contribution in [-0.2, 0) is 6.42 Å². The second-order valence-electron chi connectivity index (χ2n) is 4.26. The van der Waals surface area contributed by atoms with Gasteiger partial charge in [-0.05, 0) is 26.0 Å². The van der Waals surface area contributed by atoms with Crippen molar-refractivity contribution in [3.63, 3.8) is 0 Å². The van der Waals surface area contributed by atoms with Crippen LogP contribution in [0.25, 0.3) is 10.2 Å². The van der Waals surface area contributed by atoms with Crippen LogP contribution in [0.15, 0.2) is 12.4 Å². The summed E-state index contributed by atoms with van der Waals surface area (Å²) in [7, 11) is 0. The zero-order valence-electron chi connectivity index (χ0n) is 10.7. The van der Waals surface area contributed by atoms with E-state index < -0.39 is 0 Å². The Morgan fingerprint density at radius 2 is 2.18 bits per heavy atom. The molecule has 0 aromatic carbocycles. The molecule has 0 saturated carbocycles. The number of nitrogens with one attached hydrogen (secondary N) is 1. The third-order valence-electron chi connectivity index (χ3n) is 2.96. The van der Waals surface area contributed by atoms with Gasteiger partial charge in [-0.1, -0.05) is 13.8 Å². The molecule has 0 spiro atoms. The molecule has 2 aromatic rings. The summed E-state index contributed by atoms with van der Waals surface area (Å²) in [4.78, 5) is 11.2. The first-order valence-corrected chi connectivity index (χ1v) is 6.99. The number of fused-ring (bicyclic) bond motifs is 1. The van der Waals surface area contributed by atoms with Gasteiger partial charge in [-0.3, -0.25) is 0 Å². The molecule has 92 valence electrons. The van der Waals surface area contributed by atoms with E-state index in [1.54, 1.807) is 17.7 Å². The molecule has 2 rings (SSSR count). The van der Waals surface area contributed by atoms with Gasteiger partial charge in [0.05, 0.1) is 5.69 Å². The van der Waals surface area contributed by atoms with Gasteiger partial charge in [0, 0.05) is 22.7 Å². The molecule has 0 aliphatic carbocycles. The molecule has 0 aliphatic rings. The van der Waals surface area contributed by atoms with E-state index in [2.05, 4.69) is 42.1 Å². The molecule has 0 saturated heterocycles. The molecule has 0 aliphatic heterocycles. The van der Waals surface area contributed by atoms with Gasteiger partial charge in [-0.15, -0.1) is 11.3 Å². The van der Waals surface area contributed by atoms with E-state index >= 15 is 0 Å². The van der Waals surface area contributed by atoms with Gasteiger partial charge >= 0.3 is 0 Å². The van der Waals surface area contributed by atoms with Crippen LogP contribution in [0, 0.1) is 6.92 Å². The number of aromatic nitrogens is 2. The summed E-state index contributed by atoms with van der Waals surface area (Å²) in [5, 5.41) is 4.72. The SMILES string of the molecule is CCNC(CC)Cc1ncnc2sc(C)cc12. The highest BCUT2D eigenvalue weighted by Gasteiger charge is 2.11. The Hall–Kier alpha value is -1.00. The lowest BCUT2D eigenvalue weighted by Gasteiger charge is -2.15. The van der Waals surface area contributed by atoms with E-state index in [-0.39, 0.29) is 0 Å². The summed E-state index contributed by atoms with van der Waals surface area (Å²) in [6.07, 6.45) is 3.80. The maximum atomic E-state index is 4.45. The fourth-order valence-corrected chi connectivity index (χ4v) is 2.94. The Bertz CT molecular complexity index is 492. The first-order valence-electron chi connectivity index (χ1n) is 6.18. The fraction of sp³-hybridized carbons (Fsp3) is 0.538. The smallest absolute Gasteiger partial charge is 0.127 e. The Labute approximate surface area is 106 Å². The van der Waals surface area contributed by atoms with Crippen molar-refractivity contribution in [2.24, 2.45) is 0 Å². The zero-order chi connectivity index (χ0) is 12.3. The van der Waals surface area contributed by atoms with Gasteiger partial charge in [0.25, 0.3) is 0 Å². The molecular weight excluding hydrogens is 230 g/mol. The van der Waals surface area contributed by atoms with Crippen molar-refractivity contribution >= 4 is 21.6 Å². The van der Waals surface area contributed by atoms with Crippen LogP contribution < -0.4 is 5.32 Å². The second kappa shape index (κ2) is 5.56.